The van der Waals surface area contributed by atoms with Gasteiger partial charge in [0.25, 0.3) is 5.91 Å². The molecule has 1 amide bonds. The summed E-state index contributed by atoms with van der Waals surface area (Å²) >= 11 is 1.67. The zero-order valence-corrected chi connectivity index (χ0v) is 15.0. The number of hydrogen-bond donors (Lipinski definition) is 1. The highest BCUT2D eigenvalue weighted by atomic mass is 32.1. The summed E-state index contributed by atoms with van der Waals surface area (Å²) in [6.45, 7) is 1.38. The smallest absolute Gasteiger partial charge is 0.261 e. The highest BCUT2D eigenvalue weighted by Crippen LogP contribution is 2.29. The molecule has 2 aromatic heterocycles. The first-order chi connectivity index (χ1) is 12.3. The number of hydrogen-bond acceptors (Lipinski definition) is 2. The maximum Gasteiger partial charge on any atom is 0.261 e. The van der Waals surface area contributed by atoms with E-state index in [0.29, 0.717) is 6.54 Å². The van der Waals surface area contributed by atoms with Crippen molar-refractivity contribution in [2.24, 2.45) is 0 Å². The molecule has 3 aromatic rings. The Morgan fingerprint density at radius 1 is 1.08 bits per heavy atom. The van der Waals surface area contributed by atoms with Crippen LogP contribution in [0.4, 0.5) is 0 Å². The number of thiophene rings is 1. The first-order valence-corrected chi connectivity index (χ1v) is 9.69. The maximum atomic E-state index is 12.5. The van der Waals surface area contributed by atoms with E-state index >= 15 is 0 Å². The number of aryl methyl sites for hydroxylation is 2. The van der Waals surface area contributed by atoms with Crippen molar-refractivity contribution >= 4 is 17.2 Å². The summed E-state index contributed by atoms with van der Waals surface area (Å²) < 4.78 is 2.19. The zero-order valence-electron chi connectivity index (χ0n) is 14.2. The van der Waals surface area contributed by atoms with Crippen molar-refractivity contribution in [3.63, 3.8) is 0 Å². The van der Waals surface area contributed by atoms with Crippen molar-refractivity contribution in [1.82, 2.24) is 9.88 Å². The van der Waals surface area contributed by atoms with Gasteiger partial charge < -0.3 is 9.88 Å². The fourth-order valence-electron chi connectivity index (χ4n) is 3.40. The van der Waals surface area contributed by atoms with Crippen LogP contribution in [0, 0.1) is 0 Å². The first-order valence-electron chi connectivity index (χ1n) is 8.87. The number of carbonyl (C=O) groups excluding carboxylic acids is 1. The molecule has 4 rings (SSSR count). The third-order valence-electron chi connectivity index (χ3n) is 4.77. The molecular weight excluding hydrogens is 328 g/mol. The Morgan fingerprint density at radius 3 is 2.76 bits per heavy atom. The second-order valence-electron chi connectivity index (χ2n) is 6.56. The fourth-order valence-corrected chi connectivity index (χ4v) is 4.57. The van der Waals surface area contributed by atoms with E-state index in [1.807, 2.05) is 12.1 Å². The van der Waals surface area contributed by atoms with Crippen molar-refractivity contribution in [3.8, 4) is 0 Å². The van der Waals surface area contributed by atoms with E-state index in [1.165, 1.54) is 28.8 Å². The van der Waals surface area contributed by atoms with Gasteiger partial charge in [-0.15, -0.1) is 11.3 Å². The largest absolute Gasteiger partial charge is 0.346 e. The van der Waals surface area contributed by atoms with Gasteiger partial charge in [-0.3, -0.25) is 4.79 Å². The topological polar surface area (TPSA) is 34.0 Å². The van der Waals surface area contributed by atoms with Gasteiger partial charge in [-0.05, 0) is 55.0 Å². The van der Waals surface area contributed by atoms with Crippen LogP contribution in [0.2, 0.25) is 0 Å². The average molecular weight is 350 g/mol. The number of fused-ring (bicyclic) bond motifs is 1. The lowest BCUT2D eigenvalue weighted by molar-refractivity contribution is 0.0954. The highest BCUT2D eigenvalue weighted by molar-refractivity contribution is 7.14. The van der Waals surface area contributed by atoms with Crippen molar-refractivity contribution in [2.45, 2.75) is 38.8 Å². The van der Waals surface area contributed by atoms with Crippen LogP contribution in [-0.4, -0.2) is 10.5 Å². The quantitative estimate of drug-likeness (QED) is 0.727. The average Bonchev–Trinajstić information content (AvgIpc) is 3.27. The summed E-state index contributed by atoms with van der Waals surface area (Å²) in [5.74, 6) is 0.0480. The minimum absolute atomic E-state index is 0.0480. The Kier molecular flexibility index (Phi) is 4.70. The molecular formula is C21H22N2OS. The third-order valence-corrected chi connectivity index (χ3v) is 6.01. The van der Waals surface area contributed by atoms with E-state index in [1.54, 1.807) is 11.3 Å². The van der Waals surface area contributed by atoms with Crippen LogP contribution in [0.25, 0.3) is 0 Å². The van der Waals surface area contributed by atoms with Crippen LogP contribution in [0.15, 0.2) is 54.7 Å². The Bertz CT molecular complexity index is 840. The minimum atomic E-state index is 0.0480. The Balaban J connectivity index is 1.41. The molecule has 3 nitrogen and oxygen atoms in total. The van der Waals surface area contributed by atoms with Crippen LogP contribution in [-0.2, 0) is 25.9 Å². The number of aromatic nitrogens is 1. The summed E-state index contributed by atoms with van der Waals surface area (Å²) in [6, 6.07) is 16.6. The van der Waals surface area contributed by atoms with Gasteiger partial charge >= 0.3 is 0 Å². The molecule has 0 spiro atoms. The lowest BCUT2D eigenvalue weighted by Crippen LogP contribution is -2.23. The molecule has 1 aromatic carbocycles. The lowest BCUT2D eigenvalue weighted by atomic mass is 9.99. The second kappa shape index (κ2) is 7.28. The molecule has 0 fully saturated rings. The summed E-state index contributed by atoms with van der Waals surface area (Å²) in [5, 5.41) is 3.09. The molecule has 0 atom stereocenters. The van der Waals surface area contributed by atoms with Gasteiger partial charge in [0.2, 0.25) is 0 Å². The number of amides is 1. The van der Waals surface area contributed by atoms with Gasteiger partial charge in [0.05, 0.1) is 11.4 Å². The molecule has 25 heavy (non-hydrogen) atoms. The fraction of sp³-hybridized carbons (Fsp3) is 0.286. The van der Waals surface area contributed by atoms with Crippen molar-refractivity contribution in [1.29, 1.82) is 0 Å². The molecule has 0 bridgehead atoms. The van der Waals surface area contributed by atoms with Crippen LogP contribution in [0.3, 0.4) is 0 Å². The van der Waals surface area contributed by atoms with Crippen molar-refractivity contribution < 1.29 is 4.79 Å². The van der Waals surface area contributed by atoms with Gasteiger partial charge in [-0.25, -0.2) is 0 Å². The van der Waals surface area contributed by atoms with Crippen LogP contribution >= 0.6 is 11.3 Å². The van der Waals surface area contributed by atoms with E-state index in [9.17, 15) is 4.79 Å². The van der Waals surface area contributed by atoms with E-state index in [4.69, 9.17) is 0 Å². The number of carbonyl (C=O) groups is 1. The van der Waals surface area contributed by atoms with Gasteiger partial charge in [-0.1, -0.05) is 30.3 Å². The van der Waals surface area contributed by atoms with E-state index in [-0.39, 0.29) is 5.91 Å². The SMILES string of the molecule is O=C(NCc1cccn1Cc1ccccc1)c1cc2c(s1)CCCC2. The molecule has 0 saturated carbocycles. The van der Waals surface area contributed by atoms with Gasteiger partial charge in [0.15, 0.2) is 0 Å². The number of nitrogens with zero attached hydrogens (tertiary/aromatic N) is 1. The van der Waals surface area contributed by atoms with E-state index in [0.717, 1.165) is 30.0 Å². The molecule has 1 aliphatic carbocycles. The maximum absolute atomic E-state index is 12.5. The monoisotopic (exact) mass is 350 g/mol. The molecule has 2 heterocycles. The summed E-state index contributed by atoms with van der Waals surface area (Å²) in [4.78, 5) is 14.8. The second-order valence-corrected chi connectivity index (χ2v) is 7.70. The van der Waals surface area contributed by atoms with Gasteiger partial charge in [-0.2, -0.15) is 0 Å². The van der Waals surface area contributed by atoms with Gasteiger partial charge in [0.1, 0.15) is 0 Å². The van der Waals surface area contributed by atoms with Crippen LogP contribution in [0.5, 0.6) is 0 Å². The molecule has 0 radical (unpaired) electrons. The molecule has 0 aliphatic heterocycles. The Morgan fingerprint density at radius 2 is 1.92 bits per heavy atom. The predicted molar refractivity (Wildman–Crippen MR) is 102 cm³/mol. The molecule has 4 heteroatoms. The normalized spacial score (nSPS) is 13.4. The highest BCUT2D eigenvalue weighted by Gasteiger charge is 2.17. The standard InChI is InChI=1S/C21H22N2OS/c24-21(20-13-17-9-4-5-11-19(17)25-20)22-14-18-10-6-12-23(18)15-16-7-2-1-3-8-16/h1-3,6-8,10,12-13H,4-5,9,11,14-15H2,(H,22,24). The summed E-state index contributed by atoms with van der Waals surface area (Å²) in [5.41, 5.74) is 3.77. The van der Waals surface area contributed by atoms with E-state index in [2.05, 4.69) is 52.5 Å². The lowest BCUT2D eigenvalue weighted by Gasteiger charge is -2.10. The van der Waals surface area contributed by atoms with E-state index < -0.39 is 0 Å². The van der Waals surface area contributed by atoms with Crippen LogP contribution in [0.1, 0.15) is 44.2 Å². The third kappa shape index (κ3) is 3.69. The first kappa shape index (κ1) is 16.2. The molecule has 0 saturated heterocycles. The van der Waals surface area contributed by atoms with Crippen molar-refractivity contribution in [3.05, 3.63) is 81.3 Å². The van der Waals surface area contributed by atoms with Crippen LogP contribution < -0.4 is 5.32 Å². The number of rotatable bonds is 5. The Hall–Kier alpha value is -2.33. The predicted octanol–water partition coefficient (Wildman–Crippen LogP) is 4.41. The summed E-state index contributed by atoms with van der Waals surface area (Å²) in [6.07, 6.45) is 6.82. The number of benzene rings is 1. The van der Waals surface area contributed by atoms with Crippen molar-refractivity contribution in [2.75, 3.05) is 0 Å². The molecule has 128 valence electrons. The zero-order chi connectivity index (χ0) is 17.1. The summed E-state index contributed by atoms with van der Waals surface area (Å²) in [7, 11) is 0. The minimum Gasteiger partial charge on any atom is -0.346 e. The molecule has 1 N–H and O–H groups in total. The molecule has 1 aliphatic rings. The number of nitrogens with one attached hydrogen (secondary N) is 1. The molecule has 0 unspecified atom stereocenters. The Labute approximate surface area is 152 Å². The van der Waals surface area contributed by atoms with Gasteiger partial charge in [0, 0.05) is 23.3 Å².